The first-order valence-electron chi connectivity index (χ1n) is 7.16. The molecule has 1 unspecified atom stereocenters. The Balaban J connectivity index is 2.10. The summed E-state index contributed by atoms with van der Waals surface area (Å²) < 4.78 is 19.6. The lowest BCUT2D eigenvalue weighted by molar-refractivity contribution is 0.503. The van der Waals surface area contributed by atoms with Gasteiger partial charge in [0.05, 0.1) is 10.6 Å². The Labute approximate surface area is 130 Å². The van der Waals surface area contributed by atoms with Gasteiger partial charge in [-0.05, 0) is 43.3 Å². The molecule has 0 radical (unpaired) electrons. The molecule has 0 aromatic heterocycles. The van der Waals surface area contributed by atoms with Crippen molar-refractivity contribution < 1.29 is 9.09 Å². The van der Waals surface area contributed by atoms with E-state index in [1.807, 2.05) is 91.9 Å². The molecule has 3 heteroatoms. The molecular weight excluding hydrogens is 291 g/mol. The molecule has 22 heavy (non-hydrogen) atoms. The second-order valence-electron chi connectivity index (χ2n) is 5.13. The van der Waals surface area contributed by atoms with Crippen molar-refractivity contribution in [2.75, 3.05) is 0 Å². The van der Waals surface area contributed by atoms with Gasteiger partial charge in [0, 0.05) is 0 Å². The number of rotatable bonds is 4. The van der Waals surface area contributed by atoms with Crippen molar-refractivity contribution in [3.8, 4) is 5.75 Å². The van der Waals surface area contributed by atoms with Crippen LogP contribution >= 0.6 is 7.37 Å². The summed E-state index contributed by atoms with van der Waals surface area (Å²) in [6.45, 7) is 2.01. The van der Waals surface area contributed by atoms with Gasteiger partial charge in [0.25, 0.3) is 0 Å². The second kappa shape index (κ2) is 6.21. The normalized spacial score (nSPS) is 13.3. The van der Waals surface area contributed by atoms with Crippen LogP contribution in [0, 0.1) is 6.92 Å². The number of para-hydroxylation sites is 1. The quantitative estimate of drug-likeness (QED) is 0.672. The van der Waals surface area contributed by atoms with E-state index >= 15 is 0 Å². The molecule has 0 N–H and O–H groups in total. The van der Waals surface area contributed by atoms with Crippen LogP contribution in [0.15, 0.2) is 84.9 Å². The minimum Gasteiger partial charge on any atom is -0.437 e. The van der Waals surface area contributed by atoms with Gasteiger partial charge in [-0.3, -0.25) is 4.57 Å². The Morgan fingerprint density at radius 2 is 1.18 bits per heavy atom. The van der Waals surface area contributed by atoms with Gasteiger partial charge in [-0.15, -0.1) is 0 Å². The standard InChI is InChI=1S/C19H17O2P/c1-16-12-14-19(15-13-16)22(20,18-10-6-3-7-11-18)21-17-8-4-2-5-9-17/h2-15H,1H3. The largest absolute Gasteiger partial charge is 0.437 e. The van der Waals surface area contributed by atoms with Gasteiger partial charge in [-0.2, -0.15) is 0 Å². The monoisotopic (exact) mass is 308 g/mol. The topological polar surface area (TPSA) is 26.3 Å². The van der Waals surface area contributed by atoms with E-state index in [0.717, 1.165) is 5.56 Å². The van der Waals surface area contributed by atoms with Crippen LogP contribution in [0.5, 0.6) is 5.75 Å². The molecular formula is C19H17O2P. The third-order valence-electron chi connectivity index (χ3n) is 3.45. The maximum Gasteiger partial charge on any atom is 0.306 e. The molecule has 1 atom stereocenters. The van der Waals surface area contributed by atoms with Gasteiger partial charge in [-0.25, -0.2) is 0 Å². The van der Waals surface area contributed by atoms with E-state index in [1.54, 1.807) is 0 Å². The Morgan fingerprint density at radius 3 is 1.77 bits per heavy atom. The number of hydrogen-bond acceptors (Lipinski definition) is 2. The molecule has 0 bridgehead atoms. The summed E-state index contributed by atoms with van der Waals surface area (Å²) in [5, 5.41) is 1.40. The molecule has 0 aliphatic heterocycles. The maximum atomic E-state index is 13.7. The summed E-state index contributed by atoms with van der Waals surface area (Å²) in [6, 6.07) is 26.4. The zero-order valence-electron chi connectivity index (χ0n) is 12.3. The highest BCUT2D eigenvalue weighted by Crippen LogP contribution is 2.44. The van der Waals surface area contributed by atoms with Gasteiger partial charge in [-0.1, -0.05) is 54.1 Å². The van der Waals surface area contributed by atoms with Crippen molar-refractivity contribution in [2.45, 2.75) is 6.92 Å². The van der Waals surface area contributed by atoms with E-state index in [0.29, 0.717) is 16.4 Å². The Morgan fingerprint density at radius 1 is 0.682 bits per heavy atom. The molecule has 0 heterocycles. The zero-order chi connectivity index (χ0) is 15.4. The van der Waals surface area contributed by atoms with Crippen molar-refractivity contribution in [1.29, 1.82) is 0 Å². The van der Waals surface area contributed by atoms with Crippen molar-refractivity contribution >= 4 is 18.0 Å². The highest BCUT2D eigenvalue weighted by Gasteiger charge is 2.29. The lowest BCUT2D eigenvalue weighted by Gasteiger charge is -2.20. The summed E-state index contributed by atoms with van der Waals surface area (Å²) in [7, 11) is -3.17. The van der Waals surface area contributed by atoms with E-state index in [2.05, 4.69) is 0 Å². The van der Waals surface area contributed by atoms with Gasteiger partial charge in [0.15, 0.2) is 0 Å². The minimum atomic E-state index is -3.17. The van der Waals surface area contributed by atoms with Gasteiger partial charge in [0.2, 0.25) is 0 Å². The lowest BCUT2D eigenvalue weighted by atomic mass is 10.2. The fourth-order valence-corrected chi connectivity index (χ4v) is 4.28. The highest BCUT2D eigenvalue weighted by molar-refractivity contribution is 7.74. The average Bonchev–Trinajstić information content (AvgIpc) is 2.57. The molecule has 0 aliphatic rings. The summed E-state index contributed by atoms with van der Waals surface area (Å²) in [4.78, 5) is 0. The molecule has 3 aromatic rings. The third kappa shape index (κ3) is 2.98. The van der Waals surface area contributed by atoms with E-state index in [4.69, 9.17) is 4.52 Å². The molecule has 3 aromatic carbocycles. The first-order chi connectivity index (χ1) is 10.7. The number of benzene rings is 3. The van der Waals surface area contributed by atoms with Gasteiger partial charge >= 0.3 is 7.37 Å². The van der Waals surface area contributed by atoms with Gasteiger partial charge in [0.1, 0.15) is 5.75 Å². The predicted octanol–water partition coefficient (Wildman–Crippen LogP) is 4.30. The van der Waals surface area contributed by atoms with Crippen LogP contribution in [-0.2, 0) is 4.57 Å². The summed E-state index contributed by atoms with van der Waals surface area (Å²) in [5.41, 5.74) is 1.13. The first-order valence-corrected chi connectivity index (χ1v) is 8.78. The summed E-state index contributed by atoms with van der Waals surface area (Å²) >= 11 is 0. The van der Waals surface area contributed by atoms with E-state index in [1.165, 1.54) is 0 Å². The molecule has 110 valence electrons. The van der Waals surface area contributed by atoms with Crippen molar-refractivity contribution in [1.82, 2.24) is 0 Å². The highest BCUT2D eigenvalue weighted by atomic mass is 31.2. The van der Waals surface area contributed by atoms with Crippen LogP contribution in [-0.4, -0.2) is 0 Å². The van der Waals surface area contributed by atoms with E-state index in [-0.39, 0.29) is 0 Å². The van der Waals surface area contributed by atoms with Crippen molar-refractivity contribution in [3.63, 3.8) is 0 Å². The molecule has 0 spiro atoms. The van der Waals surface area contributed by atoms with Crippen molar-refractivity contribution in [3.05, 3.63) is 90.5 Å². The van der Waals surface area contributed by atoms with E-state index in [9.17, 15) is 4.57 Å². The number of aryl methyl sites for hydroxylation is 1. The second-order valence-corrected chi connectivity index (χ2v) is 7.45. The van der Waals surface area contributed by atoms with Crippen LogP contribution in [0.3, 0.4) is 0 Å². The van der Waals surface area contributed by atoms with Crippen LogP contribution < -0.4 is 15.1 Å². The maximum absolute atomic E-state index is 13.7. The Hall–Kier alpha value is -2.31. The van der Waals surface area contributed by atoms with Crippen LogP contribution in [0.25, 0.3) is 0 Å². The molecule has 2 nitrogen and oxygen atoms in total. The molecule has 0 saturated heterocycles. The molecule has 0 fully saturated rings. The van der Waals surface area contributed by atoms with Crippen LogP contribution in [0.1, 0.15) is 5.56 Å². The molecule has 0 amide bonds. The number of hydrogen-bond donors (Lipinski definition) is 0. The Kier molecular flexibility index (Phi) is 4.13. The lowest BCUT2D eigenvalue weighted by Crippen LogP contribution is -2.20. The summed E-state index contributed by atoms with van der Waals surface area (Å²) in [6.07, 6.45) is 0. The minimum absolute atomic E-state index is 0.607. The molecule has 0 aliphatic carbocycles. The fourth-order valence-electron chi connectivity index (χ4n) is 2.25. The average molecular weight is 308 g/mol. The predicted molar refractivity (Wildman–Crippen MR) is 91.6 cm³/mol. The first kappa shape index (κ1) is 14.6. The smallest absolute Gasteiger partial charge is 0.306 e. The zero-order valence-corrected chi connectivity index (χ0v) is 13.2. The van der Waals surface area contributed by atoms with E-state index < -0.39 is 7.37 Å². The Bertz CT molecular complexity index is 781. The molecule has 3 rings (SSSR count). The van der Waals surface area contributed by atoms with Crippen LogP contribution in [0.4, 0.5) is 0 Å². The van der Waals surface area contributed by atoms with Crippen molar-refractivity contribution in [2.24, 2.45) is 0 Å². The van der Waals surface area contributed by atoms with Gasteiger partial charge < -0.3 is 4.52 Å². The fraction of sp³-hybridized carbons (Fsp3) is 0.0526. The summed E-state index contributed by atoms with van der Waals surface area (Å²) in [5.74, 6) is 0.607. The van der Waals surface area contributed by atoms with Crippen LogP contribution in [0.2, 0.25) is 0 Å². The molecule has 0 saturated carbocycles. The SMILES string of the molecule is Cc1ccc(P(=O)(Oc2ccccc2)c2ccccc2)cc1. The third-order valence-corrected chi connectivity index (χ3v) is 5.87.